The van der Waals surface area contributed by atoms with Crippen molar-refractivity contribution in [3.8, 4) is 0 Å². The predicted octanol–water partition coefficient (Wildman–Crippen LogP) is 2.92. The molecule has 0 unspecified atom stereocenters. The average molecular weight is 416 g/mol. The van der Waals surface area contributed by atoms with Crippen LogP contribution in [0.25, 0.3) is 0 Å². The van der Waals surface area contributed by atoms with Crippen molar-refractivity contribution in [3.05, 3.63) is 0 Å². The van der Waals surface area contributed by atoms with Crippen molar-refractivity contribution in [3.63, 3.8) is 0 Å². The molecular formula is C21H37NO7. The molecule has 0 aromatic rings. The van der Waals surface area contributed by atoms with Gasteiger partial charge in [0.05, 0.1) is 6.61 Å². The Morgan fingerprint density at radius 1 is 0.828 bits per heavy atom. The van der Waals surface area contributed by atoms with Crippen molar-refractivity contribution in [1.82, 2.24) is 5.32 Å². The van der Waals surface area contributed by atoms with Crippen molar-refractivity contribution in [1.29, 1.82) is 0 Å². The highest BCUT2D eigenvalue weighted by molar-refractivity contribution is 5.84. The first kappa shape index (κ1) is 26.9. The third-order valence-corrected chi connectivity index (χ3v) is 4.05. The van der Waals surface area contributed by atoms with Gasteiger partial charge in [0.25, 0.3) is 5.91 Å². The van der Waals surface area contributed by atoms with Gasteiger partial charge in [-0.15, -0.1) is 0 Å². The summed E-state index contributed by atoms with van der Waals surface area (Å²) in [6.45, 7) is 9.46. The van der Waals surface area contributed by atoms with Crippen LogP contribution >= 0.6 is 0 Å². The van der Waals surface area contributed by atoms with E-state index in [1.807, 2.05) is 20.8 Å². The number of ether oxygens (including phenoxy) is 3. The molecule has 0 fully saturated rings. The molecule has 0 saturated carbocycles. The van der Waals surface area contributed by atoms with Gasteiger partial charge >= 0.3 is 17.9 Å². The second-order valence-electron chi connectivity index (χ2n) is 7.63. The van der Waals surface area contributed by atoms with E-state index in [2.05, 4.69) is 5.32 Å². The lowest BCUT2D eigenvalue weighted by atomic mass is 9.86. The van der Waals surface area contributed by atoms with Gasteiger partial charge in [-0.2, -0.15) is 0 Å². The average Bonchev–Trinajstić information content (AvgIpc) is 2.64. The lowest BCUT2D eigenvalue weighted by Gasteiger charge is -2.32. The van der Waals surface area contributed by atoms with Gasteiger partial charge in [0, 0.05) is 31.2 Å². The van der Waals surface area contributed by atoms with Gasteiger partial charge in [0.1, 0.15) is 6.61 Å². The molecular weight excluding hydrogens is 378 g/mol. The maximum Gasteiger partial charge on any atom is 0.306 e. The van der Waals surface area contributed by atoms with E-state index >= 15 is 0 Å². The van der Waals surface area contributed by atoms with Crippen LogP contribution in [0.4, 0.5) is 0 Å². The van der Waals surface area contributed by atoms with E-state index in [9.17, 15) is 19.2 Å². The van der Waals surface area contributed by atoms with E-state index in [1.165, 1.54) is 0 Å². The highest BCUT2D eigenvalue weighted by Crippen LogP contribution is 2.25. The molecule has 0 bridgehead atoms. The van der Waals surface area contributed by atoms with Crippen molar-refractivity contribution in [2.45, 2.75) is 85.7 Å². The van der Waals surface area contributed by atoms with Gasteiger partial charge in [0.2, 0.25) is 0 Å². The van der Waals surface area contributed by atoms with E-state index in [-0.39, 0.29) is 38.1 Å². The summed E-state index contributed by atoms with van der Waals surface area (Å²) >= 11 is 0. The molecule has 0 aliphatic rings. The van der Waals surface area contributed by atoms with Gasteiger partial charge < -0.3 is 19.5 Å². The van der Waals surface area contributed by atoms with E-state index < -0.39 is 23.4 Å². The maximum atomic E-state index is 12.7. The van der Waals surface area contributed by atoms with Crippen LogP contribution < -0.4 is 5.32 Å². The second kappa shape index (κ2) is 14.8. The summed E-state index contributed by atoms with van der Waals surface area (Å²) in [5, 5.41) is 2.71. The normalized spacial score (nSPS) is 12.0. The Balaban J connectivity index is 4.79. The SMILES string of the molecule is CCCC(=O)OCCCNC(=O)[C@H](OC(=O)CCC)C(C)(C)COC(=O)CCC. The lowest BCUT2D eigenvalue weighted by molar-refractivity contribution is -0.169. The molecule has 0 saturated heterocycles. The minimum atomic E-state index is -1.10. The fourth-order valence-corrected chi connectivity index (χ4v) is 2.42. The third-order valence-electron chi connectivity index (χ3n) is 4.05. The van der Waals surface area contributed by atoms with Crippen molar-refractivity contribution in [2.75, 3.05) is 19.8 Å². The highest BCUT2D eigenvalue weighted by atomic mass is 16.6. The first-order chi connectivity index (χ1) is 13.7. The molecule has 8 heteroatoms. The number of carbonyl (C=O) groups excluding carboxylic acids is 4. The molecule has 0 aliphatic heterocycles. The zero-order valence-corrected chi connectivity index (χ0v) is 18.5. The fourth-order valence-electron chi connectivity index (χ4n) is 2.42. The summed E-state index contributed by atoms with van der Waals surface area (Å²) < 4.78 is 15.7. The summed E-state index contributed by atoms with van der Waals surface area (Å²) in [6.07, 6.45) is 2.19. The van der Waals surface area contributed by atoms with Gasteiger partial charge in [0.15, 0.2) is 6.10 Å². The number of amides is 1. The van der Waals surface area contributed by atoms with Crippen LogP contribution in [0.1, 0.15) is 79.6 Å². The van der Waals surface area contributed by atoms with Crippen molar-refractivity contribution >= 4 is 23.8 Å². The fraction of sp³-hybridized carbons (Fsp3) is 0.810. The summed E-state index contributed by atoms with van der Waals surface area (Å²) in [4.78, 5) is 47.7. The molecule has 1 atom stereocenters. The quantitative estimate of drug-likeness (QED) is 0.249. The van der Waals surface area contributed by atoms with Crippen LogP contribution in [0.15, 0.2) is 0 Å². The number of esters is 3. The lowest BCUT2D eigenvalue weighted by Crippen LogP contribution is -2.49. The van der Waals surface area contributed by atoms with E-state index in [1.54, 1.807) is 13.8 Å². The van der Waals surface area contributed by atoms with Crippen molar-refractivity contribution < 1.29 is 33.4 Å². The zero-order chi connectivity index (χ0) is 22.3. The molecule has 8 nitrogen and oxygen atoms in total. The molecule has 168 valence electrons. The number of carbonyl (C=O) groups is 4. The Bertz CT molecular complexity index is 531. The number of nitrogens with one attached hydrogen (secondary N) is 1. The Morgan fingerprint density at radius 2 is 1.34 bits per heavy atom. The molecule has 0 rings (SSSR count). The Labute approximate surface area is 174 Å². The monoisotopic (exact) mass is 415 g/mol. The predicted molar refractivity (Wildman–Crippen MR) is 108 cm³/mol. The molecule has 0 aromatic carbocycles. The molecule has 0 aliphatic carbocycles. The molecule has 0 heterocycles. The minimum absolute atomic E-state index is 0.0437. The van der Waals surface area contributed by atoms with E-state index in [0.717, 1.165) is 6.42 Å². The molecule has 0 radical (unpaired) electrons. The number of hydrogen-bond acceptors (Lipinski definition) is 7. The Hall–Kier alpha value is -2.12. The topological polar surface area (TPSA) is 108 Å². The standard InChI is InChI=1S/C21H37NO7/c1-6-10-16(23)27-14-9-13-22-20(26)19(29-18(25)12-8-3)21(4,5)15-28-17(24)11-7-2/h19H,6-15H2,1-5H3,(H,22,26)/t19-/m0/s1. The molecule has 1 N–H and O–H groups in total. The third kappa shape index (κ3) is 12.1. The largest absolute Gasteiger partial charge is 0.466 e. The molecule has 0 spiro atoms. The first-order valence-electron chi connectivity index (χ1n) is 10.5. The molecule has 0 aromatic heterocycles. The number of rotatable bonds is 15. The van der Waals surface area contributed by atoms with E-state index in [4.69, 9.17) is 14.2 Å². The first-order valence-corrected chi connectivity index (χ1v) is 10.5. The summed E-state index contributed by atoms with van der Waals surface area (Å²) in [5.74, 6) is -1.56. The van der Waals surface area contributed by atoms with Crippen LogP contribution in [-0.2, 0) is 33.4 Å². The smallest absolute Gasteiger partial charge is 0.306 e. The maximum absolute atomic E-state index is 12.7. The summed E-state index contributed by atoms with van der Waals surface area (Å²) in [7, 11) is 0. The zero-order valence-electron chi connectivity index (χ0n) is 18.5. The van der Waals surface area contributed by atoms with Crippen molar-refractivity contribution in [2.24, 2.45) is 5.41 Å². The van der Waals surface area contributed by atoms with Gasteiger partial charge in [-0.05, 0) is 25.7 Å². The van der Waals surface area contributed by atoms with Crippen LogP contribution in [0.2, 0.25) is 0 Å². The van der Waals surface area contributed by atoms with E-state index in [0.29, 0.717) is 32.1 Å². The summed E-state index contributed by atoms with van der Waals surface area (Å²) in [6, 6.07) is 0. The Kier molecular flexibility index (Phi) is 13.7. The molecule has 29 heavy (non-hydrogen) atoms. The number of hydrogen-bond donors (Lipinski definition) is 1. The van der Waals surface area contributed by atoms with Gasteiger partial charge in [-0.25, -0.2) is 0 Å². The highest BCUT2D eigenvalue weighted by Gasteiger charge is 2.39. The second-order valence-corrected chi connectivity index (χ2v) is 7.63. The Morgan fingerprint density at radius 3 is 1.90 bits per heavy atom. The van der Waals surface area contributed by atoms with Crippen LogP contribution in [0.3, 0.4) is 0 Å². The van der Waals surface area contributed by atoms with Crippen LogP contribution in [-0.4, -0.2) is 49.7 Å². The van der Waals surface area contributed by atoms with Crippen LogP contribution in [0, 0.1) is 5.41 Å². The minimum Gasteiger partial charge on any atom is -0.466 e. The van der Waals surface area contributed by atoms with Gasteiger partial charge in [-0.3, -0.25) is 19.2 Å². The van der Waals surface area contributed by atoms with Crippen LogP contribution in [0.5, 0.6) is 0 Å². The van der Waals surface area contributed by atoms with Gasteiger partial charge in [-0.1, -0.05) is 34.6 Å². The molecule has 1 amide bonds. The summed E-state index contributed by atoms with van der Waals surface area (Å²) in [5.41, 5.74) is -0.898.